The van der Waals surface area contributed by atoms with Crippen LogP contribution in [-0.2, 0) is 7.05 Å². The summed E-state index contributed by atoms with van der Waals surface area (Å²) in [7, 11) is 3.74. The van der Waals surface area contributed by atoms with E-state index in [4.69, 9.17) is 29.8 Å². The molecular weight excluding hydrogens is 425 g/mol. The molecule has 3 aromatic heterocycles. The summed E-state index contributed by atoms with van der Waals surface area (Å²) >= 11 is 14.2. The van der Waals surface area contributed by atoms with Gasteiger partial charge in [-0.15, -0.1) is 11.3 Å². The molecule has 0 spiro atoms. The molecule has 4 rings (SSSR count). The van der Waals surface area contributed by atoms with Crippen molar-refractivity contribution in [1.82, 2.24) is 14.5 Å². The van der Waals surface area contributed by atoms with E-state index in [1.54, 1.807) is 24.5 Å². The number of pyridine rings is 1. The van der Waals surface area contributed by atoms with Gasteiger partial charge in [0, 0.05) is 53.2 Å². The van der Waals surface area contributed by atoms with Gasteiger partial charge < -0.3 is 9.88 Å². The van der Waals surface area contributed by atoms with Crippen LogP contribution in [0.4, 0.5) is 11.5 Å². The Balaban J connectivity index is 2.06. The fraction of sp³-hybridized carbons (Fsp3) is 0.0952. The zero-order chi connectivity index (χ0) is 20.5. The molecule has 144 valence electrons. The Morgan fingerprint density at radius 3 is 2.59 bits per heavy atom. The molecule has 4 aromatic rings. The first-order valence-electron chi connectivity index (χ1n) is 8.65. The normalized spacial score (nSPS) is 10.7. The van der Waals surface area contributed by atoms with Crippen molar-refractivity contribution in [3.63, 3.8) is 0 Å². The van der Waals surface area contributed by atoms with Crippen LogP contribution in [-0.4, -0.2) is 21.6 Å². The van der Waals surface area contributed by atoms with Gasteiger partial charge in [0.2, 0.25) is 5.69 Å². The second-order valence-corrected chi connectivity index (χ2v) is 8.13. The summed E-state index contributed by atoms with van der Waals surface area (Å²) in [5, 5.41) is 4.08. The monoisotopic (exact) mass is 439 g/mol. The average molecular weight is 440 g/mol. The van der Waals surface area contributed by atoms with Crippen molar-refractivity contribution in [2.45, 2.75) is 0 Å². The molecular formula is C21H15Cl2N5S. The molecule has 0 aliphatic carbocycles. The van der Waals surface area contributed by atoms with Crippen molar-refractivity contribution in [3.05, 3.63) is 70.4 Å². The molecule has 0 radical (unpaired) electrons. The van der Waals surface area contributed by atoms with Gasteiger partial charge in [-0.1, -0.05) is 29.3 Å². The Hall–Kier alpha value is -2.85. The molecule has 0 fully saturated rings. The number of benzene rings is 1. The van der Waals surface area contributed by atoms with Crippen molar-refractivity contribution in [2.75, 3.05) is 12.4 Å². The lowest BCUT2D eigenvalue weighted by atomic mass is 10.0. The molecule has 1 aromatic carbocycles. The molecule has 0 bridgehead atoms. The average Bonchev–Trinajstić information content (AvgIpc) is 3.31. The van der Waals surface area contributed by atoms with Crippen LogP contribution in [0.2, 0.25) is 10.0 Å². The first-order chi connectivity index (χ1) is 14.0. The van der Waals surface area contributed by atoms with Gasteiger partial charge in [-0.25, -0.2) is 14.8 Å². The highest BCUT2D eigenvalue weighted by Gasteiger charge is 2.25. The van der Waals surface area contributed by atoms with Gasteiger partial charge >= 0.3 is 0 Å². The number of rotatable bonds is 4. The molecule has 1 N–H and O–H groups in total. The number of hydrogen-bond acceptors (Lipinski definition) is 4. The van der Waals surface area contributed by atoms with Gasteiger partial charge in [-0.3, -0.25) is 0 Å². The zero-order valence-electron chi connectivity index (χ0n) is 15.6. The van der Waals surface area contributed by atoms with Crippen LogP contribution in [0.15, 0.2) is 48.9 Å². The minimum Gasteiger partial charge on any atom is -0.373 e. The molecule has 0 saturated heterocycles. The van der Waals surface area contributed by atoms with E-state index in [2.05, 4.69) is 20.1 Å². The van der Waals surface area contributed by atoms with Crippen molar-refractivity contribution in [3.8, 4) is 32.3 Å². The topological polar surface area (TPSA) is 47.1 Å². The Morgan fingerprint density at radius 2 is 1.93 bits per heavy atom. The predicted octanol–water partition coefficient (Wildman–Crippen LogP) is 6.78. The number of hydrogen-bond donors (Lipinski definition) is 1. The summed E-state index contributed by atoms with van der Waals surface area (Å²) < 4.78 is 1.93. The van der Waals surface area contributed by atoms with E-state index in [1.807, 2.05) is 43.1 Å². The standard InChI is InChI=1S/C21H15Cl2N5S/c1-24-16-10-12(6-7-26-16)19-18(25-2)17(14-5-4-13(22)11-15(14)23)20(29-19)21-27-8-9-28(21)3/h4-11H,1,3H3,(H,24,26). The van der Waals surface area contributed by atoms with E-state index >= 15 is 0 Å². The van der Waals surface area contributed by atoms with Gasteiger partial charge in [-0.05, 0) is 35.4 Å². The maximum Gasteiger partial charge on any atom is 0.213 e. The van der Waals surface area contributed by atoms with Crippen LogP contribution in [0.1, 0.15) is 0 Å². The predicted molar refractivity (Wildman–Crippen MR) is 121 cm³/mol. The fourth-order valence-electron chi connectivity index (χ4n) is 3.12. The Morgan fingerprint density at radius 1 is 1.10 bits per heavy atom. The third-order valence-corrected chi connectivity index (χ3v) is 6.27. The number of imidazole rings is 1. The zero-order valence-corrected chi connectivity index (χ0v) is 17.9. The molecule has 3 heterocycles. The van der Waals surface area contributed by atoms with Crippen LogP contribution in [0.5, 0.6) is 0 Å². The number of nitrogens with one attached hydrogen (secondary N) is 1. The lowest BCUT2D eigenvalue weighted by molar-refractivity contribution is 0.928. The number of halogens is 2. The SMILES string of the molecule is [C-]#[N+]c1c(-c2ccnc(NC)c2)sc(-c2nccn2C)c1-c1ccc(Cl)cc1Cl. The third-order valence-electron chi connectivity index (χ3n) is 4.50. The van der Waals surface area contributed by atoms with Crippen LogP contribution >= 0.6 is 34.5 Å². The highest BCUT2D eigenvalue weighted by Crippen LogP contribution is 2.53. The summed E-state index contributed by atoms with van der Waals surface area (Å²) in [4.78, 5) is 14.4. The lowest BCUT2D eigenvalue weighted by Crippen LogP contribution is -1.91. The maximum atomic E-state index is 7.93. The fourth-order valence-corrected chi connectivity index (χ4v) is 4.91. The van der Waals surface area contributed by atoms with E-state index in [0.717, 1.165) is 38.1 Å². The number of anilines is 1. The van der Waals surface area contributed by atoms with E-state index < -0.39 is 0 Å². The van der Waals surface area contributed by atoms with Crippen LogP contribution in [0.3, 0.4) is 0 Å². The summed E-state index contributed by atoms with van der Waals surface area (Å²) in [5.74, 6) is 1.51. The number of aryl methyl sites for hydroxylation is 1. The molecule has 29 heavy (non-hydrogen) atoms. The first-order valence-corrected chi connectivity index (χ1v) is 10.2. The summed E-state index contributed by atoms with van der Waals surface area (Å²) in [6, 6.07) is 9.15. The highest BCUT2D eigenvalue weighted by atomic mass is 35.5. The molecule has 0 unspecified atom stereocenters. The molecule has 0 atom stereocenters. The molecule has 0 aliphatic rings. The van der Waals surface area contributed by atoms with E-state index in [-0.39, 0.29) is 0 Å². The maximum absolute atomic E-state index is 7.93. The minimum absolute atomic E-state index is 0.493. The number of nitrogens with zero attached hydrogens (tertiary/aromatic N) is 4. The summed E-state index contributed by atoms with van der Waals surface area (Å²) in [5.41, 5.74) is 2.96. The third kappa shape index (κ3) is 3.49. The molecule has 0 saturated carbocycles. The van der Waals surface area contributed by atoms with Gasteiger partial charge in [0.25, 0.3) is 0 Å². The Kier molecular flexibility index (Phi) is 5.29. The van der Waals surface area contributed by atoms with Gasteiger partial charge in [0.15, 0.2) is 0 Å². The molecule has 8 heteroatoms. The van der Waals surface area contributed by atoms with Gasteiger partial charge in [0.05, 0.1) is 11.4 Å². The molecule has 0 aliphatic heterocycles. The van der Waals surface area contributed by atoms with Gasteiger partial charge in [0.1, 0.15) is 11.6 Å². The quantitative estimate of drug-likeness (QED) is 0.356. The smallest absolute Gasteiger partial charge is 0.213 e. The minimum atomic E-state index is 0.493. The van der Waals surface area contributed by atoms with Crippen molar-refractivity contribution in [2.24, 2.45) is 7.05 Å². The largest absolute Gasteiger partial charge is 0.373 e. The van der Waals surface area contributed by atoms with Crippen molar-refractivity contribution in [1.29, 1.82) is 0 Å². The first kappa shape index (κ1) is 19.5. The van der Waals surface area contributed by atoms with Crippen molar-refractivity contribution >= 4 is 46.0 Å². The molecule has 0 amide bonds. The Labute approximate surface area is 182 Å². The lowest BCUT2D eigenvalue weighted by Gasteiger charge is -2.08. The van der Waals surface area contributed by atoms with E-state index in [1.165, 1.54) is 11.3 Å². The number of aromatic nitrogens is 3. The summed E-state index contributed by atoms with van der Waals surface area (Å²) in [6.07, 6.45) is 5.35. The number of thiophene rings is 1. The van der Waals surface area contributed by atoms with E-state index in [0.29, 0.717) is 15.7 Å². The second-order valence-electron chi connectivity index (χ2n) is 6.26. The van der Waals surface area contributed by atoms with E-state index in [9.17, 15) is 0 Å². The van der Waals surface area contributed by atoms with Crippen LogP contribution in [0, 0.1) is 6.57 Å². The van der Waals surface area contributed by atoms with Crippen LogP contribution < -0.4 is 5.32 Å². The summed E-state index contributed by atoms with van der Waals surface area (Å²) in [6.45, 7) is 7.93. The van der Waals surface area contributed by atoms with Gasteiger partial charge in [-0.2, -0.15) is 0 Å². The Bertz CT molecular complexity index is 1250. The second kappa shape index (κ2) is 7.88. The highest BCUT2D eigenvalue weighted by molar-refractivity contribution is 7.20. The van der Waals surface area contributed by atoms with Crippen LogP contribution in [0.25, 0.3) is 37.1 Å². The molecule has 5 nitrogen and oxygen atoms in total. The van der Waals surface area contributed by atoms with Crippen molar-refractivity contribution < 1.29 is 0 Å².